The Kier molecular flexibility index (Phi) is 13.8. The average Bonchev–Trinajstić information content (AvgIpc) is 3.29. The van der Waals surface area contributed by atoms with Crippen LogP contribution in [0.3, 0.4) is 0 Å². The molecule has 41 heavy (non-hydrogen) atoms. The predicted molar refractivity (Wildman–Crippen MR) is 169 cm³/mol. The Morgan fingerprint density at radius 2 is 1.17 bits per heavy atom. The molecule has 3 aromatic rings. The number of hydrogen-bond acceptors (Lipinski definition) is 6. The van der Waals surface area contributed by atoms with Gasteiger partial charge < -0.3 is 4.57 Å². The van der Waals surface area contributed by atoms with Gasteiger partial charge in [0.1, 0.15) is 0 Å². The van der Waals surface area contributed by atoms with Crippen molar-refractivity contribution in [3.8, 4) is 0 Å². The van der Waals surface area contributed by atoms with Crippen LogP contribution in [-0.2, 0) is 27.1 Å². The molecule has 0 aliphatic carbocycles. The zero-order valence-electron chi connectivity index (χ0n) is 24.5. The van der Waals surface area contributed by atoms with E-state index in [-0.39, 0.29) is 9.79 Å². The Balaban J connectivity index is 1.35. The first-order valence-electron chi connectivity index (χ1n) is 14.9. The van der Waals surface area contributed by atoms with Gasteiger partial charge in [-0.05, 0) is 42.8 Å². The Hall–Kier alpha value is -2.21. The SMILES string of the molecule is CCCCCCCCCCCCCCCCNS(=O)(=O)c1ccc(S(=O)(=O)N/N=c2/sc3ccccc3n2C)cc1. The van der Waals surface area contributed by atoms with Crippen molar-refractivity contribution < 1.29 is 16.8 Å². The topological polar surface area (TPSA) is 110 Å². The fraction of sp³-hybridized carbons (Fsp3) is 0.567. The lowest BCUT2D eigenvalue weighted by molar-refractivity contribution is 0.533. The van der Waals surface area contributed by atoms with E-state index in [1.165, 1.54) is 106 Å². The van der Waals surface area contributed by atoms with E-state index in [2.05, 4.69) is 21.6 Å². The van der Waals surface area contributed by atoms with Crippen molar-refractivity contribution in [3.63, 3.8) is 0 Å². The summed E-state index contributed by atoms with van der Waals surface area (Å²) in [6, 6.07) is 12.9. The molecule has 2 N–H and O–H groups in total. The average molecular weight is 623 g/mol. The van der Waals surface area contributed by atoms with Crippen LogP contribution in [0.15, 0.2) is 63.4 Å². The largest absolute Gasteiger partial charge is 0.318 e. The van der Waals surface area contributed by atoms with Crippen molar-refractivity contribution in [1.29, 1.82) is 0 Å². The number of para-hydroxylation sites is 1. The minimum Gasteiger partial charge on any atom is -0.318 e. The summed E-state index contributed by atoms with van der Waals surface area (Å²) >= 11 is 1.37. The summed E-state index contributed by atoms with van der Waals surface area (Å²) in [5, 5.41) is 4.08. The maximum absolute atomic E-state index is 12.7. The molecule has 0 fully saturated rings. The molecule has 0 saturated carbocycles. The highest BCUT2D eigenvalue weighted by Gasteiger charge is 2.17. The molecule has 1 aromatic heterocycles. The number of sulfonamides is 2. The molecule has 0 aliphatic heterocycles. The molecule has 2 aromatic carbocycles. The fourth-order valence-corrected chi connectivity index (χ4v) is 7.67. The third-order valence-corrected chi connectivity index (χ3v) is 11.1. The van der Waals surface area contributed by atoms with Crippen LogP contribution < -0.4 is 14.4 Å². The van der Waals surface area contributed by atoms with Crippen molar-refractivity contribution >= 4 is 41.6 Å². The molecule has 11 heteroatoms. The van der Waals surface area contributed by atoms with Gasteiger partial charge in [-0.3, -0.25) is 0 Å². The lowest BCUT2D eigenvalue weighted by Crippen LogP contribution is -2.25. The Morgan fingerprint density at radius 3 is 1.71 bits per heavy atom. The van der Waals surface area contributed by atoms with Gasteiger partial charge in [0.15, 0.2) is 0 Å². The van der Waals surface area contributed by atoms with Gasteiger partial charge in [0.25, 0.3) is 10.0 Å². The Labute approximate surface area is 250 Å². The normalized spacial score (nSPS) is 12.8. The van der Waals surface area contributed by atoms with Crippen LogP contribution in [0.5, 0.6) is 0 Å². The van der Waals surface area contributed by atoms with E-state index in [0.717, 1.165) is 29.5 Å². The molecule has 1 heterocycles. The van der Waals surface area contributed by atoms with Crippen LogP contribution in [-0.4, -0.2) is 27.9 Å². The third-order valence-electron chi connectivity index (χ3n) is 7.24. The van der Waals surface area contributed by atoms with Crippen LogP contribution in [0.4, 0.5) is 0 Å². The molecular formula is C30H46N4O4S3. The number of thiazole rings is 1. The molecule has 0 bridgehead atoms. The summed E-state index contributed by atoms with van der Waals surface area (Å²) in [7, 11) is -5.85. The molecule has 0 aliphatic rings. The van der Waals surface area contributed by atoms with Crippen molar-refractivity contribution in [2.24, 2.45) is 12.1 Å². The van der Waals surface area contributed by atoms with Crippen LogP contribution in [0, 0.1) is 0 Å². The summed E-state index contributed by atoms with van der Waals surface area (Å²) < 4.78 is 56.3. The smallest absolute Gasteiger partial charge is 0.276 e. The van der Waals surface area contributed by atoms with E-state index < -0.39 is 20.0 Å². The number of hydrogen-bond donors (Lipinski definition) is 2. The molecule has 0 atom stereocenters. The number of benzene rings is 2. The summed E-state index contributed by atoms with van der Waals surface area (Å²) in [5.41, 5.74) is 0.951. The van der Waals surface area contributed by atoms with Crippen molar-refractivity contribution in [2.75, 3.05) is 6.54 Å². The van der Waals surface area contributed by atoms with E-state index in [0.29, 0.717) is 11.3 Å². The monoisotopic (exact) mass is 622 g/mol. The van der Waals surface area contributed by atoms with Gasteiger partial charge in [0.05, 0.1) is 20.0 Å². The summed E-state index contributed by atoms with van der Waals surface area (Å²) in [6.07, 6.45) is 17.5. The van der Waals surface area contributed by atoms with Gasteiger partial charge in [0.2, 0.25) is 14.8 Å². The van der Waals surface area contributed by atoms with Crippen LogP contribution >= 0.6 is 11.3 Å². The third kappa shape index (κ3) is 10.9. The van der Waals surface area contributed by atoms with Crippen molar-refractivity contribution in [1.82, 2.24) is 14.1 Å². The summed E-state index contributed by atoms with van der Waals surface area (Å²) in [6.45, 7) is 2.62. The highest BCUT2D eigenvalue weighted by Crippen LogP contribution is 2.17. The molecule has 228 valence electrons. The van der Waals surface area contributed by atoms with Gasteiger partial charge in [-0.2, -0.15) is 13.2 Å². The number of aryl methyl sites for hydroxylation is 1. The van der Waals surface area contributed by atoms with E-state index in [1.54, 1.807) is 0 Å². The van der Waals surface area contributed by atoms with E-state index in [1.807, 2.05) is 35.9 Å². The number of fused-ring (bicyclic) bond motifs is 1. The highest BCUT2D eigenvalue weighted by atomic mass is 32.2. The quantitative estimate of drug-likeness (QED) is 0.107. The minimum absolute atomic E-state index is 0.0367. The molecule has 0 unspecified atom stereocenters. The second-order valence-electron chi connectivity index (χ2n) is 10.6. The zero-order valence-corrected chi connectivity index (χ0v) is 26.9. The van der Waals surface area contributed by atoms with Gasteiger partial charge >= 0.3 is 0 Å². The second-order valence-corrected chi connectivity index (χ2v) is 15.0. The maximum atomic E-state index is 12.7. The number of nitrogens with one attached hydrogen (secondary N) is 2. The molecule has 0 radical (unpaired) electrons. The number of rotatable bonds is 20. The van der Waals surface area contributed by atoms with Crippen LogP contribution in [0.2, 0.25) is 0 Å². The molecule has 0 saturated heterocycles. The highest BCUT2D eigenvalue weighted by molar-refractivity contribution is 7.90. The van der Waals surface area contributed by atoms with Gasteiger partial charge in [-0.15, -0.1) is 5.10 Å². The minimum atomic E-state index is -3.96. The number of unbranched alkanes of at least 4 members (excludes halogenated alkanes) is 13. The first kappa shape index (κ1) is 33.3. The number of nitrogens with zero attached hydrogens (tertiary/aromatic N) is 2. The molecule has 0 amide bonds. The molecule has 8 nitrogen and oxygen atoms in total. The Bertz CT molecular complexity index is 1480. The van der Waals surface area contributed by atoms with E-state index in [9.17, 15) is 16.8 Å². The lowest BCUT2D eigenvalue weighted by atomic mass is 10.0. The maximum Gasteiger partial charge on any atom is 0.276 e. The second kappa shape index (κ2) is 17.0. The standard InChI is InChI=1S/C30H46N4O4S3/c1-3-4-5-6-7-8-9-10-11-12-13-14-15-18-25-31-40(35,36)26-21-23-27(24-22-26)41(37,38)33-32-30-34(2)28-19-16-17-20-29(28)39-30/h16-17,19-24,31,33H,3-15,18,25H2,1-2H3/b32-30+. The van der Waals surface area contributed by atoms with Gasteiger partial charge in [0, 0.05) is 13.6 Å². The first-order chi connectivity index (χ1) is 19.7. The molecule has 3 rings (SSSR count). The van der Waals surface area contributed by atoms with E-state index >= 15 is 0 Å². The Morgan fingerprint density at radius 1 is 0.683 bits per heavy atom. The zero-order chi connectivity index (χ0) is 29.6. The molecular weight excluding hydrogens is 577 g/mol. The summed E-state index contributed by atoms with van der Waals surface area (Å²) in [5.74, 6) is 0. The van der Waals surface area contributed by atoms with E-state index in [4.69, 9.17) is 0 Å². The molecule has 0 spiro atoms. The number of aromatic nitrogens is 1. The van der Waals surface area contributed by atoms with Crippen LogP contribution in [0.25, 0.3) is 10.2 Å². The summed E-state index contributed by atoms with van der Waals surface area (Å²) in [4.78, 5) is 2.74. The van der Waals surface area contributed by atoms with Gasteiger partial charge in [-0.25, -0.2) is 13.1 Å². The lowest BCUT2D eigenvalue weighted by Gasteiger charge is -2.08. The fourth-order valence-electron chi connectivity index (χ4n) is 4.75. The first-order valence-corrected chi connectivity index (χ1v) is 18.7. The predicted octanol–water partition coefficient (Wildman–Crippen LogP) is 6.79. The van der Waals surface area contributed by atoms with Crippen LogP contribution in [0.1, 0.15) is 96.8 Å². The van der Waals surface area contributed by atoms with Crippen molar-refractivity contribution in [2.45, 2.75) is 107 Å². The van der Waals surface area contributed by atoms with Gasteiger partial charge in [-0.1, -0.05) is 114 Å². The van der Waals surface area contributed by atoms with Crippen molar-refractivity contribution in [3.05, 3.63) is 53.3 Å².